The van der Waals surface area contributed by atoms with E-state index in [2.05, 4.69) is 40.8 Å². The molecule has 0 unspecified atom stereocenters. The van der Waals surface area contributed by atoms with E-state index >= 15 is 0 Å². The van der Waals surface area contributed by atoms with Crippen LogP contribution in [0, 0.1) is 5.41 Å². The summed E-state index contributed by atoms with van der Waals surface area (Å²) in [5, 5.41) is 0. The molecule has 0 radical (unpaired) electrons. The van der Waals surface area contributed by atoms with Crippen molar-refractivity contribution in [3.8, 4) is 0 Å². The first kappa shape index (κ1) is 14.1. The summed E-state index contributed by atoms with van der Waals surface area (Å²) in [4.78, 5) is 19.9. The molecule has 1 N–H and O–H groups in total. The molecule has 4 heteroatoms. The van der Waals surface area contributed by atoms with E-state index in [-0.39, 0.29) is 11.2 Å². The third kappa shape index (κ3) is 3.26. The molecule has 112 valence electrons. The summed E-state index contributed by atoms with van der Waals surface area (Å²) < 4.78 is 0. The Kier molecular flexibility index (Phi) is 3.70. The molecule has 1 aliphatic heterocycles. The summed E-state index contributed by atoms with van der Waals surface area (Å²) in [5.74, 6) is 1.45. The number of hydrogen-bond acceptors (Lipinski definition) is 3. The summed E-state index contributed by atoms with van der Waals surface area (Å²) in [6.07, 6.45) is 5.52. The molecular weight excluding hydrogens is 262 g/mol. The molecule has 0 saturated carbocycles. The predicted molar refractivity (Wildman–Crippen MR) is 82.9 cm³/mol. The van der Waals surface area contributed by atoms with E-state index in [9.17, 15) is 4.79 Å². The van der Waals surface area contributed by atoms with E-state index in [1.807, 2.05) is 18.3 Å². The van der Waals surface area contributed by atoms with Crippen LogP contribution in [0.2, 0.25) is 0 Å². The SMILES string of the molecule is CC1(C)CC(=O)C=C(N2CCN(c3cccc[nH+]3)CC2)C1. The number of hydrogen-bond donors (Lipinski definition) is 0. The fourth-order valence-electron chi connectivity index (χ4n) is 3.33. The highest BCUT2D eigenvalue weighted by Crippen LogP contribution is 2.35. The van der Waals surface area contributed by atoms with Gasteiger partial charge in [0.15, 0.2) is 5.78 Å². The second-order valence-corrected chi connectivity index (χ2v) is 6.84. The number of ketones is 1. The lowest BCUT2D eigenvalue weighted by atomic mass is 9.78. The molecule has 1 saturated heterocycles. The Morgan fingerprint density at radius 3 is 2.38 bits per heavy atom. The van der Waals surface area contributed by atoms with Crippen LogP contribution in [0.4, 0.5) is 5.82 Å². The van der Waals surface area contributed by atoms with Gasteiger partial charge in [-0.1, -0.05) is 19.9 Å². The first-order valence-corrected chi connectivity index (χ1v) is 7.74. The Labute approximate surface area is 126 Å². The van der Waals surface area contributed by atoms with Crippen LogP contribution in [0.15, 0.2) is 36.2 Å². The largest absolute Gasteiger partial charge is 0.367 e. The Bertz CT molecular complexity index is 542. The van der Waals surface area contributed by atoms with E-state index in [0.717, 1.165) is 32.6 Å². The van der Waals surface area contributed by atoms with Crippen molar-refractivity contribution in [2.75, 3.05) is 31.1 Å². The summed E-state index contributed by atoms with van der Waals surface area (Å²) in [6, 6.07) is 6.17. The van der Waals surface area contributed by atoms with Crippen molar-refractivity contribution in [1.82, 2.24) is 4.90 Å². The lowest BCUT2D eigenvalue weighted by Gasteiger charge is -2.38. The lowest BCUT2D eigenvalue weighted by Crippen LogP contribution is -2.48. The molecule has 21 heavy (non-hydrogen) atoms. The van der Waals surface area contributed by atoms with Crippen LogP contribution in [0.5, 0.6) is 0 Å². The standard InChI is InChI=1S/C17H23N3O/c1-17(2)12-14(11-15(21)13-17)19-7-9-20(10-8-19)16-5-3-4-6-18-16/h3-6,11H,7-10,12-13H2,1-2H3/p+1. The summed E-state index contributed by atoms with van der Waals surface area (Å²) in [7, 11) is 0. The minimum atomic E-state index is 0.103. The van der Waals surface area contributed by atoms with Gasteiger partial charge < -0.3 is 4.90 Å². The molecule has 1 aromatic heterocycles. The average Bonchev–Trinajstić information content (AvgIpc) is 2.46. The van der Waals surface area contributed by atoms with E-state index in [4.69, 9.17) is 0 Å². The van der Waals surface area contributed by atoms with E-state index in [1.165, 1.54) is 11.5 Å². The normalized spacial score (nSPS) is 22.2. The summed E-state index contributed by atoms with van der Waals surface area (Å²) >= 11 is 0. The maximum atomic E-state index is 11.9. The van der Waals surface area contributed by atoms with Crippen molar-refractivity contribution in [3.63, 3.8) is 0 Å². The van der Waals surface area contributed by atoms with Crippen LogP contribution < -0.4 is 9.88 Å². The number of carbonyl (C=O) groups is 1. The number of rotatable bonds is 2. The molecule has 2 aliphatic rings. The van der Waals surface area contributed by atoms with Gasteiger partial charge in [0, 0.05) is 24.3 Å². The monoisotopic (exact) mass is 286 g/mol. The molecule has 0 aromatic carbocycles. The van der Waals surface area contributed by atoms with Crippen molar-refractivity contribution >= 4 is 11.6 Å². The maximum absolute atomic E-state index is 11.9. The number of allylic oxidation sites excluding steroid dienone is 2. The van der Waals surface area contributed by atoms with E-state index in [1.54, 1.807) is 0 Å². The Morgan fingerprint density at radius 1 is 1.05 bits per heavy atom. The number of H-pyrrole nitrogens is 1. The maximum Gasteiger partial charge on any atom is 0.274 e. The molecular formula is C17H24N3O+. The number of pyridine rings is 1. The van der Waals surface area contributed by atoms with Crippen molar-refractivity contribution in [3.05, 3.63) is 36.2 Å². The van der Waals surface area contributed by atoms with Crippen LogP contribution in [-0.2, 0) is 4.79 Å². The van der Waals surface area contributed by atoms with Crippen LogP contribution in [-0.4, -0.2) is 36.9 Å². The number of aromatic nitrogens is 1. The van der Waals surface area contributed by atoms with Crippen LogP contribution in [0.25, 0.3) is 0 Å². The zero-order chi connectivity index (χ0) is 14.9. The van der Waals surface area contributed by atoms with Crippen molar-refractivity contribution in [2.45, 2.75) is 26.7 Å². The number of carbonyl (C=O) groups excluding carboxylic acids is 1. The van der Waals surface area contributed by atoms with Crippen molar-refractivity contribution in [1.29, 1.82) is 0 Å². The number of nitrogens with zero attached hydrogens (tertiary/aromatic N) is 2. The number of piperazine rings is 1. The fourth-order valence-corrected chi connectivity index (χ4v) is 3.33. The van der Waals surface area contributed by atoms with Crippen LogP contribution in [0.3, 0.4) is 0 Å². The van der Waals surface area contributed by atoms with Crippen LogP contribution >= 0.6 is 0 Å². The van der Waals surface area contributed by atoms with Gasteiger partial charge in [0.2, 0.25) is 0 Å². The Morgan fingerprint density at radius 2 is 1.76 bits per heavy atom. The van der Waals surface area contributed by atoms with Gasteiger partial charge in [0.05, 0.1) is 19.3 Å². The molecule has 1 fully saturated rings. The average molecular weight is 286 g/mol. The minimum Gasteiger partial charge on any atom is -0.367 e. The number of nitrogens with one attached hydrogen (secondary N) is 1. The molecule has 4 nitrogen and oxygen atoms in total. The second kappa shape index (κ2) is 5.51. The molecule has 0 bridgehead atoms. The molecule has 2 heterocycles. The topological polar surface area (TPSA) is 37.7 Å². The van der Waals surface area contributed by atoms with Gasteiger partial charge in [0.1, 0.15) is 13.1 Å². The molecule has 1 aliphatic carbocycles. The first-order valence-electron chi connectivity index (χ1n) is 7.74. The van der Waals surface area contributed by atoms with Crippen LogP contribution in [0.1, 0.15) is 26.7 Å². The van der Waals surface area contributed by atoms with Gasteiger partial charge in [0.25, 0.3) is 5.82 Å². The quantitative estimate of drug-likeness (QED) is 0.833. The molecule has 0 spiro atoms. The van der Waals surface area contributed by atoms with Gasteiger partial charge in [-0.05, 0) is 17.9 Å². The van der Waals surface area contributed by atoms with Gasteiger partial charge >= 0.3 is 0 Å². The van der Waals surface area contributed by atoms with Gasteiger partial charge in [-0.3, -0.25) is 9.69 Å². The Balaban J connectivity index is 1.65. The van der Waals surface area contributed by atoms with Gasteiger partial charge in [-0.25, -0.2) is 4.98 Å². The molecule has 0 atom stereocenters. The molecule has 0 amide bonds. The van der Waals surface area contributed by atoms with E-state index in [0.29, 0.717) is 6.42 Å². The summed E-state index contributed by atoms with van der Waals surface area (Å²) in [6.45, 7) is 8.33. The smallest absolute Gasteiger partial charge is 0.274 e. The highest BCUT2D eigenvalue weighted by Gasteiger charge is 2.32. The highest BCUT2D eigenvalue weighted by atomic mass is 16.1. The third-order valence-electron chi connectivity index (χ3n) is 4.36. The molecule has 3 rings (SSSR count). The zero-order valence-corrected chi connectivity index (χ0v) is 12.9. The fraction of sp³-hybridized carbons (Fsp3) is 0.529. The first-order chi connectivity index (χ1) is 10.0. The van der Waals surface area contributed by atoms with Gasteiger partial charge in [-0.2, -0.15) is 0 Å². The Hall–Kier alpha value is -1.84. The number of aromatic amines is 1. The second-order valence-electron chi connectivity index (χ2n) is 6.84. The van der Waals surface area contributed by atoms with Crippen molar-refractivity contribution in [2.24, 2.45) is 5.41 Å². The summed E-state index contributed by atoms with van der Waals surface area (Å²) in [5.41, 5.74) is 1.33. The minimum absolute atomic E-state index is 0.103. The molecule has 1 aromatic rings. The highest BCUT2D eigenvalue weighted by molar-refractivity contribution is 5.91. The third-order valence-corrected chi connectivity index (χ3v) is 4.36. The van der Waals surface area contributed by atoms with Gasteiger partial charge in [-0.15, -0.1) is 0 Å². The van der Waals surface area contributed by atoms with E-state index < -0.39 is 0 Å². The zero-order valence-electron chi connectivity index (χ0n) is 12.9. The lowest BCUT2D eigenvalue weighted by molar-refractivity contribution is -0.364. The van der Waals surface area contributed by atoms with Crippen molar-refractivity contribution < 1.29 is 9.78 Å². The number of anilines is 1. The predicted octanol–water partition coefficient (Wildman–Crippen LogP) is 1.90.